The van der Waals surface area contributed by atoms with E-state index in [4.69, 9.17) is 28.0 Å². The van der Waals surface area contributed by atoms with Crippen molar-refractivity contribution >= 4 is 55.2 Å². The molecule has 0 saturated carbocycles. The fraction of sp³-hybridized carbons (Fsp3) is 0.0800. The quantitative estimate of drug-likeness (QED) is 0.136. The molecule has 4 aromatic rings. The van der Waals surface area contributed by atoms with Crippen LogP contribution in [-0.2, 0) is 20.0 Å². The van der Waals surface area contributed by atoms with Crippen molar-refractivity contribution in [1.29, 1.82) is 0 Å². The van der Waals surface area contributed by atoms with Crippen molar-refractivity contribution in [2.45, 2.75) is 23.6 Å². The number of guanidine groups is 1. The van der Waals surface area contributed by atoms with Gasteiger partial charge in [-0.2, -0.15) is 21.6 Å². The molecule has 0 unspecified atom stereocenters. The highest BCUT2D eigenvalue weighted by atomic mass is 35.5. The highest BCUT2D eigenvalue weighted by Crippen LogP contribution is 2.24. The normalized spacial score (nSPS) is 12.4. The Balaban J connectivity index is 1.98. The molecule has 0 fully saturated rings. The van der Waals surface area contributed by atoms with Crippen molar-refractivity contribution in [3.63, 3.8) is 0 Å². The largest absolute Gasteiger partial charge is 0.422 e. The van der Waals surface area contributed by atoms with Gasteiger partial charge in [0.1, 0.15) is 9.79 Å². The van der Waals surface area contributed by atoms with Crippen LogP contribution in [0.15, 0.2) is 94.7 Å². The first-order valence-electron chi connectivity index (χ1n) is 11.2. The summed E-state index contributed by atoms with van der Waals surface area (Å²) in [6.07, 6.45) is 0. The Morgan fingerprint density at radius 1 is 0.821 bits per heavy atom. The molecule has 0 atom stereocenters. The van der Waals surface area contributed by atoms with Crippen LogP contribution < -0.4 is 14.9 Å². The second-order valence-electron chi connectivity index (χ2n) is 8.08. The average molecular weight is 608 g/mol. The Kier molecular flexibility index (Phi) is 8.40. The predicted molar refractivity (Wildman–Crippen MR) is 148 cm³/mol. The number of halogens is 2. The summed E-state index contributed by atoms with van der Waals surface area (Å²) >= 11 is 12.3. The molecule has 202 valence electrons. The number of anilines is 1. The van der Waals surface area contributed by atoms with Gasteiger partial charge in [-0.15, -0.1) is 0 Å². The lowest BCUT2D eigenvalue weighted by molar-refractivity contribution is -0.624. The predicted octanol–water partition coefficient (Wildman–Crippen LogP) is 4.54. The maximum absolute atomic E-state index is 14.0. The third-order valence-electron chi connectivity index (χ3n) is 5.00. The van der Waals surface area contributed by atoms with Crippen LogP contribution in [0.4, 0.5) is 5.95 Å². The summed E-state index contributed by atoms with van der Waals surface area (Å²) in [5.41, 5.74) is 1.10. The van der Waals surface area contributed by atoms with Crippen LogP contribution in [0.25, 0.3) is 0 Å². The topological polar surface area (TPSA) is 130 Å². The standard InChI is InChI=1S/C25H21Cl2N5O5S2/c1-17-15-18(2)29-24(28-17)30-25(31-38(33,34)21-12-8-9-19(26)16-21)32(37-20-10-4-3-5-11-20)39(35,36)23-14-7-6-13-22(23)27/h3-16H,1-2H3,(H,28,29,30,31)/p+1. The molecule has 1 aromatic heterocycles. The number of benzene rings is 3. The van der Waals surface area contributed by atoms with Gasteiger partial charge in [0.15, 0.2) is 5.75 Å². The molecule has 14 heteroatoms. The van der Waals surface area contributed by atoms with Gasteiger partial charge in [-0.1, -0.05) is 59.6 Å². The second-order valence-corrected chi connectivity index (χ2v) is 12.3. The van der Waals surface area contributed by atoms with E-state index in [1.165, 1.54) is 54.6 Å². The van der Waals surface area contributed by atoms with E-state index in [2.05, 4.69) is 20.0 Å². The van der Waals surface area contributed by atoms with Crippen LogP contribution >= 0.6 is 23.2 Å². The summed E-state index contributed by atoms with van der Waals surface area (Å²) in [5.74, 6) is -0.660. The summed E-state index contributed by atoms with van der Waals surface area (Å²) in [4.78, 5) is 13.7. The van der Waals surface area contributed by atoms with Crippen LogP contribution in [0.2, 0.25) is 10.0 Å². The molecule has 4 rings (SSSR count). The van der Waals surface area contributed by atoms with E-state index >= 15 is 0 Å². The van der Waals surface area contributed by atoms with E-state index in [1.54, 1.807) is 44.2 Å². The molecule has 1 heterocycles. The van der Waals surface area contributed by atoms with Crippen LogP contribution in [0.3, 0.4) is 0 Å². The number of aromatic nitrogens is 2. The molecule has 0 amide bonds. The third-order valence-corrected chi connectivity index (χ3v) is 8.62. The van der Waals surface area contributed by atoms with Crippen LogP contribution in [-0.4, -0.2) is 36.9 Å². The number of para-hydroxylation sites is 1. The molecule has 0 aliphatic heterocycles. The Hall–Kier alpha value is -3.71. The van der Waals surface area contributed by atoms with Crippen LogP contribution in [0.1, 0.15) is 11.4 Å². The van der Waals surface area contributed by atoms with Crippen LogP contribution in [0, 0.1) is 13.8 Å². The van der Waals surface area contributed by atoms with Gasteiger partial charge in [0.25, 0.3) is 5.95 Å². The van der Waals surface area contributed by atoms with E-state index in [-0.39, 0.29) is 31.5 Å². The molecule has 0 aliphatic carbocycles. The Morgan fingerprint density at radius 3 is 2.10 bits per heavy atom. The fourth-order valence-corrected chi connectivity index (χ4v) is 6.40. The van der Waals surface area contributed by atoms with Crippen molar-refractivity contribution in [2.75, 3.05) is 5.32 Å². The number of hydrogen-bond acceptors (Lipinski definition) is 7. The van der Waals surface area contributed by atoms with Gasteiger partial charge >= 0.3 is 26.0 Å². The molecule has 3 aromatic carbocycles. The van der Waals surface area contributed by atoms with Gasteiger partial charge in [-0.05, 0) is 62.4 Å². The van der Waals surface area contributed by atoms with E-state index in [0.717, 1.165) is 0 Å². The summed E-state index contributed by atoms with van der Waals surface area (Å²) < 4.78 is 57.4. The number of rotatable bonds is 7. The van der Waals surface area contributed by atoms with Gasteiger partial charge in [-0.3, -0.25) is 0 Å². The first-order chi connectivity index (χ1) is 18.5. The molecular formula is C25H22Cl2N5O5S2+. The van der Waals surface area contributed by atoms with E-state index in [0.29, 0.717) is 15.5 Å². The molecule has 2 N–H and O–H groups in total. The van der Waals surface area contributed by atoms with E-state index in [9.17, 15) is 16.8 Å². The number of aryl methyl sites for hydroxylation is 2. The molecule has 10 nitrogen and oxygen atoms in total. The zero-order chi connectivity index (χ0) is 28.2. The molecule has 0 radical (unpaired) electrons. The smallest absolute Gasteiger partial charge is 0.306 e. The van der Waals surface area contributed by atoms with Gasteiger partial charge in [0, 0.05) is 20.6 Å². The minimum Gasteiger partial charge on any atom is -0.306 e. The first-order valence-corrected chi connectivity index (χ1v) is 14.9. The zero-order valence-corrected chi connectivity index (χ0v) is 23.7. The number of sulfonamides is 2. The van der Waals surface area contributed by atoms with E-state index in [1.807, 2.05) is 0 Å². The van der Waals surface area contributed by atoms with Crippen molar-refractivity contribution < 1.29 is 25.8 Å². The Morgan fingerprint density at radius 2 is 1.46 bits per heavy atom. The number of nitrogens with zero attached hydrogens (tertiary/aromatic N) is 3. The highest BCUT2D eigenvalue weighted by molar-refractivity contribution is 7.90. The monoisotopic (exact) mass is 606 g/mol. The summed E-state index contributed by atoms with van der Waals surface area (Å²) in [6, 6.07) is 20.7. The molecule has 0 saturated heterocycles. The number of hydrogen-bond donors (Lipinski definition) is 2. The van der Waals surface area contributed by atoms with Crippen LogP contribution in [0.5, 0.6) is 5.75 Å². The van der Waals surface area contributed by atoms with Crippen molar-refractivity contribution in [3.05, 3.63) is 106 Å². The van der Waals surface area contributed by atoms with Gasteiger partial charge in [0.05, 0.1) is 5.02 Å². The van der Waals surface area contributed by atoms with Crippen molar-refractivity contribution in [1.82, 2.24) is 14.7 Å². The molecule has 39 heavy (non-hydrogen) atoms. The van der Waals surface area contributed by atoms with E-state index < -0.39 is 26.0 Å². The SMILES string of the molecule is Cc1cc(C)nc(NC(NS(=O)(=O)c2cccc(Cl)c2)=[N+](Oc2ccccc2)S(=O)(=O)c2ccccc2Cl)n1. The Labute approximate surface area is 236 Å². The third kappa shape index (κ3) is 6.84. The fourth-order valence-electron chi connectivity index (χ4n) is 3.35. The summed E-state index contributed by atoms with van der Waals surface area (Å²) in [5, 5.41) is 2.71. The maximum atomic E-state index is 14.0. The van der Waals surface area contributed by atoms with Gasteiger partial charge < -0.3 is 4.84 Å². The second kappa shape index (κ2) is 11.6. The maximum Gasteiger partial charge on any atom is 0.422 e. The molecule has 0 aliphatic rings. The summed E-state index contributed by atoms with van der Waals surface area (Å²) in [6.45, 7) is 3.41. The Bertz CT molecular complexity index is 1750. The lowest BCUT2D eigenvalue weighted by Gasteiger charge is -2.15. The summed E-state index contributed by atoms with van der Waals surface area (Å²) in [7, 11) is -9.08. The van der Waals surface area contributed by atoms with Gasteiger partial charge in [0.2, 0.25) is 0 Å². The molecule has 0 bridgehead atoms. The highest BCUT2D eigenvalue weighted by Gasteiger charge is 2.36. The van der Waals surface area contributed by atoms with Crippen molar-refractivity contribution in [3.8, 4) is 5.75 Å². The zero-order valence-electron chi connectivity index (χ0n) is 20.5. The molecule has 0 spiro atoms. The minimum absolute atomic E-state index is 0.0794. The lowest BCUT2D eigenvalue weighted by atomic mass is 10.3. The average Bonchev–Trinajstić information content (AvgIpc) is 2.87. The van der Waals surface area contributed by atoms with Gasteiger partial charge in [-0.25, -0.2) is 15.3 Å². The molecular weight excluding hydrogens is 585 g/mol. The number of nitrogens with one attached hydrogen (secondary N) is 2. The lowest BCUT2D eigenvalue weighted by Crippen LogP contribution is -2.46. The van der Waals surface area contributed by atoms with Crippen molar-refractivity contribution in [2.24, 2.45) is 0 Å². The first kappa shape index (κ1) is 28.3. The minimum atomic E-state index is -4.66.